The second kappa shape index (κ2) is 7.75. The van der Waals surface area contributed by atoms with Crippen LogP contribution >= 0.6 is 46.0 Å². The third-order valence-electron chi connectivity index (χ3n) is 2.34. The van der Waals surface area contributed by atoms with E-state index in [1.165, 1.54) is 13.3 Å². The van der Waals surface area contributed by atoms with Crippen molar-refractivity contribution in [1.82, 2.24) is 5.32 Å². The second-order valence-electron chi connectivity index (χ2n) is 3.94. The zero-order valence-electron chi connectivity index (χ0n) is 11.2. The summed E-state index contributed by atoms with van der Waals surface area (Å²) in [6.07, 6.45) is 2.63. The molecule has 0 aliphatic carbocycles. The minimum absolute atomic E-state index is 0.207. The molecule has 1 amide bonds. The van der Waals surface area contributed by atoms with Crippen LogP contribution in [0.4, 0.5) is 0 Å². The summed E-state index contributed by atoms with van der Waals surface area (Å²) in [7, 11) is 1.24. The molecule has 2 rings (SSSR count). The fourth-order valence-corrected chi connectivity index (χ4v) is 3.30. The summed E-state index contributed by atoms with van der Waals surface area (Å²) < 4.78 is 5.44. The average Bonchev–Trinajstić information content (AvgIpc) is 2.78. The molecule has 22 heavy (non-hydrogen) atoms. The Balaban J connectivity index is 2.08. The Kier molecular flexibility index (Phi) is 5.98. The first-order chi connectivity index (χ1) is 10.5. The first kappa shape index (κ1) is 17.0. The number of rotatable bonds is 3. The third-order valence-corrected chi connectivity index (χ3v) is 4.08. The van der Waals surface area contributed by atoms with Gasteiger partial charge in [0.2, 0.25) is 0 Å². The number of hydrogen-bond donors (Lipinski definition) is 1. The van der Waals surface area contributed by atoms with Gasteiger partial charge < -0.3 is 4.74 Å². The van der Waals surface area contributed by atoms with Crippen LogP contribution in [0.5, 0.6) is 0 Å². The van der Waals surface area contributed by atoms with E-state index in [0.29, 0.717) is 5.02 Å². The van der Waals surface area contributed by atoms with Gasteiger partial charge in [-0.05, 0) is 58.1 Å². The standard InChI is InChI=1S/C13H9ClIN3O3S/c1-21-11(19)5-10-12(20)17-13(22-10)18-16-6-7-2-8(14)4-9(15)3-7/h2-6H,1H3,(H,17,18,20)/b10-5+,16-6?. The van der Waals surface area contributed by atoms with E-state index in [9.17, 15) is 9.59 Å². The highest BCUT2D eigenvalue weighted by atomic mass is 127. The number of carbonyl (C=O) groups is 2. The number of nitrogens with one attached hydrogen (secondary N) is 1. The Morgan fingerprint density at radius 1 is 1.45 bits per heavy atom. The summed E-state index contributed by atoms with van der Waals surface area (Å²) in [4.78, 5) is 22.9. The molecule has 0 saturated carbocycles. The summed E-state index contributed by atoms with van der Waals surface area (Å²) in [5.41, 5.74) is 0.792. The van der Waals surface area contributed by atoms with Crippen LogP contribution in [0.25, 0.3) is 0 Å². The highest BCUT2D eigenvalue weighted by Crippen LogP contribution is 2.23. The van der Waals surface area contributed by atoms with Crippen molar-refractivity contribution in [3.05, 3.63) is 43.3 Å². The molecule has 0 radical (unpaired) electrons. The quantitative estimate of drug-likeness (QED) is 0.253. The molecule has 0 aromatic heterocycles. The van der Waals surface area contributed by atoms with Gasteiger partial charge in [-0.15, -0.1) is 5.10 Å². The van der Waals surface area contributed by atoms with Crippen LogP contribution in [-0.2, 0) is 14.3 Å². The van der Waals surface area contributed by atoms with Crippen LogP contribution in [0, 0.1) is 3.57 Å². The van der Waals surface area contributed by atoms with E-state index in [1.54, 1.807) is 6.07 Å². The predicted molar refractivity (Wildman–Crippen MR) is 95.0 cm³/mol. The van der Waals surface area contributed by atoms with Gasteiger partial charge in [0.15, 0.2) is 5.17 Å². The average molecular weight is 450 g/mol. The zero-order chi connectivity index (χ0) is 16.1. The fourth-order valence-electron chi connectivity index (χ4n) is 1.44. The van der Waals surface area contributed by atoms with E-state index in [4.69, 9.17) is 11.6 Å². The van der Waals surface area contributed by atoms with Gasteiger partial charge in [-0.1, -0.05) is 11.6 Å². The highest BCUT2D eigenvalue weighted by Gasteiger charge is 2.24. The molecule has 1 aliphatic heterocycles. The SMILES string of the molecule is COC(=O)/C=C1/S/C(=N\N=Cc2cc(Cl)cc(I)c2)NC1=O. The van der Waals surface area contributed by atoms with Gasteiger partial charge in [0, 0.05) is 14.7 Å². The van der Waals surface area contributed by atoms with E-state index in [0.717, 1.165) is 27.0 Å². The molecule has 1 fully saturated rings. The van der Waals surface area contributed by atoms with Crippen molar-refractivity contribution in [2.75, 3.05) is 7.11 Å². The van der Waals surface area contributed by atoms with Gasteiger partial charge in [0.1, 0.15) is 0 Å². The number of amidine groups is 1. The number of hydrogen-bond acceptors (Lipinski definition) is 6. The van der Waals surface area contributed by atoms with Crippen molar-refractivity contribution in [2.24, 2.45) is 10.2 Å². The molecular weight excluding hydrogens is 441 g/mol. The minimum Gasteiger partial charge on any atom is -0.466 e. The second-order valence-corrected chi connectivity index (χ2v) is 6.65. The molecule has 114 valence electrons. The van der Waals surface area contributed by atoms with Crippen LogP contribution in [0.15, 0.2) is 39.4 Å². The van der Waals surface area contributed by atoms with Crippen LogP contribution in [0.1, 0.15) is 5.56 Å². The largest absolute Gasteiger partial charge is 0.466 e. The molecule has 1 aromatic rings. The molecule has 9 heteroatoms. The molecule has 0 unspecified atom stereocenters. The lowest BCUT2D eigenvalue weighted by Crippen LogP contribution is -2.19. The van der Waals surface area contributed by atoms with Crippen molar-refractivity contribution in [2.45, 2.75) is 0 Å². The molecule has 1 aliphatic rings. The third kappa shape index (κ3) is 4.82. The van der Waals surface area contributed by atoms with Gasteiger partial charge in [-0.3, -0.25) is 10.1 Å². The van der Waals surface area contributed by atoms with Gasteiger partial charge in [-0.2, -0.15) is 5.10 Å². The Morgan fingerprint density at radius 3 is 2.91 bits per heavy atom. The number of esters is 1. The summed E-state index contributed by atoms with van der Waals surface area (Å²) in [5.74, 6) is -1.02. The van der Waals surface area contributed by atoms with Crippen molar-refractivity contribution < 1.29 is 14.3 Å². The maximum absolute atomic E-state index is 11.6. The monoisotopic (exact) mass is 449 g/mol. The lowest BCUT2D eigenvalue weighted by Gasteiger charge is -1.95. The van der Waals surface area contributed by atoms with Crippen LogP contribution in [0.2, 0.25) is 5.02 Å². The molecule has 0 bridgehead atoms. The number of nitrogens with zero attached hydrogens (tertiary/aromatic N) is 2. The Hall–Kier alpha value is -1.39. The number of amides is 1. The van der Waals surface area contributed by atoms with Gasteiger partial charge in [0.05, 0.1) is 18.2 Å². The van der Waals surface area contributed by atoms with Gasteiger partial charge >= 0.3 is 5.97 Å². The number of benzene rings is 1. The number of methoxy groups -OCH3 is 1. The van der Waals surface area contributed by atoms with E-state index >= 15 is 0 Å². The topological polar surface area (TPSA) is 80.1 Å². The number of ether oxygens (including phenoxy) is 1. The molecule has 1 aromatic carbocycles. The predicted octanol–water partition coefficient (Wildman–Crippen LogP) is 2.55. The lowest BCUT2D eigenvalue weighted by molar-refractivity contribution is -0.135. The summed E-state index contributed by atoms with van der Waals surface area (Å²) in [5, 5.41) is 11.2. The maximum Gasteiger partial charge on any atom is 0.331 e. The Labute approximate surface area is 149 Å². The molecule has 0 atom stereocenters. The van der Waals surface area contributed by atoms with E-state index < -0.39 is 11.9 Å². The van der Waals surface area contributed by atoms with Crippen molar-refractivity contribution in [3.8, 4) is 0 Å². The maximum atomic E-state index is 11.6. The summed E-state index contributed by atoms with van der Waals surface area (Å²) in [6, 6.07) is 5.46. The van der Waals surface area contributed by atoms with Crippen LogP contribution < -0.4 is 5.32 Å². The van der Waals surface area contributed by atoms with Crippen LogP contribution in [-0.4, -0.2) is 30.4 Å². The molecule has 1 saturated heterocycles. The van der Waals surface area contributed by atoms with Gasteiger partial charge in [0.25, 0.3) is 5.91 Å². The smallest absolute Gasteiger partial charge is 0.331 e. The fraction of sp³-hybridized carbons (Fsp3) is 0.0769. The summed E-state index contributed by atoms with van der Waals surface area (Å²) in [6.45, 7) is 0. The number of halogens is 2. The molecule has 6 nitrogen and oxygen atoms in total. The highest BCUT2D eigenvalue weighted by molar-refractivity contribution is 14.1. The first-order valence-corrected chi connectivity index (χ1v) is 8.11. The van der Waals surface area contributed by atoms with Crippen LogP contribution in [0.3, 0.4) is 0 Å². The minimum atomic E-state index is -0.601. The Bertz CT molecular complexity index is 698. The molecule has 1 heterocycles. The van der Waals surface area contributed by atoms with Crippen molar-refractivity contribution in [1.29, 1.82) is 0 Å². The van der Waals surface area contributed by atoms with E-state index in [2.05, 4.69) is 42.8 Å². The zero-order valence-corrected chi connectivity index (χ0v) is 14.9. The summed E-state index contributed by atoms with van der Waals surface area (Å²) >= 11 is 9.10. The van der Waals surface area contributed by atoms with Crippen molar-refractivity contribution >= 4 is 69.2 Å². The number of carbonyl (C=O) groups excluding carboxylic acids is 2. The Morgan fingerprint density at radius 2 is 2.23 bits per heavy atom. The molecule has 1 N–H and O–H groups in total. The van der Waals surface area contributed by atoms with E-state index in [-0.39, 0.29) is 10.1 Å². The lowest BCUT2D eigenvalue weighted by atomic mass is 10.2. The van der Waals surface area contributed by atoms with Gasteiger partial charge in [-0.25, -0.2) is 4.79 Å². The molecule has 0 spiro atoms. The normalized spacial score (nSPS) is 18.2. The van der Waals surface area contributed by atoms with E-state index in [1.807, 2.05) is 12.1 Å². The first-order valence-electron chi connectivity index (χ1n) is 5.84. The molecular formula is C13H9ClIN3O3S. The number of thioether (sulfide) groups is 1. The van der Waals surface area contributed by atoms with Crippen molar-refractivity contribution in [3.63, 3.8) is 0 Å².